The molecule has 0 radical (unpaired) electrons. The lowest BCUT2D eigenvalue weighted by Gasteiger charge is -2.20. The molecule has 0 bridgehead atoms. The van der Waals surface area contributed by atoms with Gasteiger partial charge < -0.3 is 9.90 Å². The number of carbonyl (C=O) groups is 1. The number of carboxylic acids is 1. The number of hydrogen-bond acceptors (Lipinski definition) is 4. The van der Waals surface area contributed by atoms with Crippen LogP contribution in [0.1, 0.15) is 43.4 Å². The van der Waals surface area contributed by atoms with Crippen molar-refractivity contribution in [3.63, 3.8) is 0 Å². The fourth-order valence-electron chi connectivity index (χ4n) is 2.37. The van der Waals surface area contributed by atoms with Crippen LogP contribution in [0, 0.1) is 0 Å². The molecule has 0 aliphatic carbocycles. The highest BCUT2D eigenvalue weighted by Gasteiger charge is 2.21. The minimum atomic E-state index is -3.84. The third kappa shape index (κ3) is 4.66. The van der Waals surface area contributed by atoms with Crippen molar-refractivity contribution in [1.29, 1.82) is 0 Å². The normalized spacial score (nSPS) is 13.0. The van der Waals surface area contributed by atoms with Crippen LogP contribution >= 0.6 is 0 Å². The molecule has 6 heteroatoms. The maximum absolute atomic E-state index is 12.6. The predicted octanol–water partition coefficient (Wildman–Crippen LogP) is 1.97. The van der Waals surface area contributed by atoms with Gasteiger partial charge in [-0.05, 0) is 29.2 Å². The topological polar surface area (TPSA) is 86.3 Å². The lowest BCUT2D eigenvalue weighted by molar-refractivity contribution is -0.306. The van der Waals surface area contributed by atoms with Crippen LogP contribution in [0.2, 0.25) is 0 Å². The van der Waals surface area contributed by atoms with Crippen LogP contribution in [0.4, 0.5) is 0 Å². The number of benzene rings is 2. The summed E-state index contributed by atoms with van der Waals surface area (Å²) < 4.78 is 27.6. The van der Waals surface area contributed by atoms with Crippen LogP contribution < -0.4 is 9.83 Å². The summed E-state index contributed by atoms with van der Waals surface area (Å²) in [5.41, 5.74) is 1.60. The van der Waals surface area contributed by atoms with E-state index in [0.717, 1.165) is 5.56 Å². The molecule has 0 heterocycles. The summed E-state index contributed by atoms with van der Waals surface area (Å²) >= 11 is 0. The predicted molar refractivity (Wildman–Crippen MR) is 89.7 cm³/mol. The SMILES string of the molecule is CC(C)c1ccc(S(=O)(=O)NC(CC(=O)[O-])c2ccccc2)cc1. The quantitative estimate of drug-likeness (QED) is 0.830. The second-order valence-electron chi connectivity index (χ2n) is 5.88. The van der Waals surface area contributed by atoms with E-state index < -0.39 is 28.5 Å². The molecule has 24 heavy (non-hydrogen) atoms. The Bertz CT molecular complexity index is 784. The zero-order valence-corrected chi connectivity index (χ0v) is 14.4. The lowest BCUT2D eigenvalue weighted by atomic mass is 10.0. The fraction of sp³-hybridized carbons (Fsp3) is 0.278. The number of hydrogen-bond donors (Lipinski definition) is 1. The third-order valence-electron chi connectivity index (χ3n) is 3.73. The molecule has 1 unspecified atom stereocenters. The molecule has 0 spiro atoms. The second kappa shape index (κ2) is 7.59. The van der Waals surface area contributed by atoms with Crippen LogP contribution in [0.5, 0.6) is 0 Å². The van der Waals surface area contributed by atoms with Gasteiger partial charge in [-0.1, -0.05) is 56.3 Å². The Hall–Kier alpha value is -2.18. The van der Waals surface area contributed by atoms with Gasteiger partial charge in [0.15, 0.2) is 0 Å². The Morgan fingerprint density at radius 3 is 2.08 bits per heavy atom. The van der Waals surface area contributed by atoms with Crippen molar-refractivity contribution in [2.24, 2.45) is 0 Å². The first-order valence-corrected chi connectivity index (χ1v) is 9.15. The summed E-state index contributed by atoms with van der Waals surface area (Å²) in [6.45, 7) is 4.04. The van der Waals surface area contributed by atoms with Crippen molar-refractivity contribution in [2.75, 3.05) is 0 Å². The summed E-state index contributed by atoms with van der Waals surface area (Å²) in [5.74, 6) is -1.02. The molecular formula is C18H20NO4S-. The van der Waals surface area contributed by atoms with Crippen molar-refractivity contribution in [2.45, 2.75) is 37.1 Å². The highest BCUT2D eigenvalue weighted by Crippen LogP contribution is 2.22. The third-order valence-corrected chi connectivity index (χ3v) is 5.21. The van der Waals surface area contributed by atoms with E-state index in [1.807, 2.05) is 13.8 Å². The first-order valence-electron chi connectivity index (χ1n) is 7.66. The number of sulfonamides is 1. The molecule has 1 N–H and O–H groups in total. The number of nitrogens with one attached hydrogen (secondary N) is 1. The average Bonchev–Trinajstić information content (AvgIpc) is 2.54. The Kier molecular flexibility index (Phi) is 5.75. The minimum absolute atomic E-state index is 0.103. The maximum atomic E-state index is 12.6. The molecule has 0 amide bonds. The van der Waals surface area contributed by atoms with Gasteiger partial charge >= 0.3 is 0 Å². The number of aliphatic carboxylic acids is 1. The number of carboxylic acid groups (broad SMARTS) is 1. The van der Waals surface area contributed by atoms with Gasteiger partial charge in [0, 0.05) is 12.4 Å². The van der Waals surface area contributed by atoms with E-state index in [4.69, 9.17) is 0 Å². The second-order valence-corrected chi connectivity index (χ2v) is 7.60. The molecule has 5 nitrogen and oxygen atoms in total. The first kappa shape index (κ1) is 18.2. The zero-order chi connectivity index (χ0) is 17.7. The van der Waals surface area contributed by atoms with E-state index in [1.165, 1.54) is 12.1 Å². The van der Waals surface area contributed by atoms with Crippen molar-refractivity contribution in [1.82, 2.24) is 4.72 Å². The molecule has 0 aromatic heterocycles. The van der Waals surface area contributed by atoms with Crippen LogP contribution in [0.3, 0.4) is 0 Å². The fourth-order valence-corrected chi connectivity index (χ4v) is 3.59. The van der Waals surface area contributed by atoms with Gasteiger partial charge in [-0.25, -0.2) is 13.1 Å². The van der Waals surface area contributed by atoms with Crippen LogP contribution in [0.25, 0.3) is 0 Å². The Morgan fingerprint density at radius 1 is 1.00 bits per heavy atom. The molecule has 0 saturated heterocycles. The lowest BCUT2D eigenvalue weighted by Crippen LogP contribution is -2.34. The van der Waals surface area contributed by atoms with Crippen molar-refractivity contribution >= 4 is 16.0 Å². The van der Waals surface area contributed by atoms with E-state index in [9.17, 15) is 18.3 Å². The largest absolute Gasteiger partial charge is 0.550 e. The molecule has 0 saturated carbocycles. The van der Waals surface area contributed by atoms with Gasteiger partial charge in [0.1, 0.15) is 0 Å². The van der Waals surface area contributed by atoms with Gasteiger partial charge in [-0.2, -0.15) is 0 Å². The van der Waals surface area contributed by atoms with E-state index in [2.05, 4.69) is 4.72 Å². The van der Waals surface area contributed by atoms with Crippen LogP contribution in [-0.2, 0) is 14.8 Å². The Labute approximate surface area is 142 Å². The molecule has 0 aliphatic heterocycles. The van der Waals surface area contributed by atoms with E-state index in [1.54, 1.807) is 42.5 Å². The number of carbonyl (C=O) groups excluding carboxylic acids is 1. The summed E-state index contributed by atoms with van der Waals surface area (Å²) in [6.07, 6.45) is -0.437. The molecule has 2 aromatic rings. The number of rotatable bonds is 7. The molecule has 1 atom stereocenters. The van der Waals surface area contributed by atoms with Crippen LogP contribution in [0.15, 0.2) is 59.5 Å². The molecule has 2 aromatic carbocycles. The van der Waals surface area contributed by atoms with Crippen molar-refractivity contribution in [3.05, 3.63) is 65.7 Å². The summed E-state index contributed by atoms with van der Waals surface area (Å²) in [7, 11) is -3.84. The van der Waals surface area contributed by atoms with Gasteiger partial charge in [0.25, 0.3) is 0 Å². The van der Waals surface area contributed by atoms with E-state index >= 15 is 0 Å². The Morgan fingerprint density at radius 2 is 1.58 bits per heavy atom. The highest BCUT2D eigenvalue weighted by molar-refractivity contribution is 7.89. The first-order chi connectivity index (χ1) is 11.3. The van der Waals surface area contributed by atoms with E-state index in [0.29, 0.717) is 11.5 Å². The smallest absolute Gasteiger partial charge is 0.241 e. The van der Waals surface area contributed by atoms with Gasteiger partial charge in [-0.15, -0.1) is 0 Å². The molecule has 128 valence electrons. The molecule has 0 fully saturated rings. The van der Waals surface area contributed by atoms with Crippen molar-refractivity contribution in [3.8, 4) is 0 Å². The minimum Gasteiger partial charge on any atom is -0.550 e. The van der Waals surface area contributed by atoms with Gasteiger partial charge in [-0.3, -0.25) is 0 Å². The Balaban J connectivity index is 2.28. The average molecular weight is 346 g/mol. The standard InChI is InChI=1S/C18H21NO4S/c1-13(2)14-8-10-16(11-9-14)24(22,23)19-17(12-18(20)21)15-6-4-3-5-7-15/h3-11,13,17,19H,12H2,1-2H3,(H,20,21)/p-1. The van der Waals surface area contributed by atoms with Gasteiger partial charge in [0.05, 0.1) is 10.9 Å². The maximum Gasteiger partial charge on any atom is 0.241 e. The van der Waals surface area contributed by atoms with Crippen LogP contribution in [-0.4, -0.2) is 14.4 Å². The van der Waals surface area contributed by atoms with Crippen molar-refractivity contribution < 1.29 is 18.3 Å². The summed E-state index contributed by atoms with van der Waals surface area (Å²) in [6, 6.07) is 14.3. The summed E-state index contributed by atoms with van der Waals surface area (Å²) in [5, 5.41) is 11.0. The highest BCUT2D eigenvalue weighted by atomic mass is 32.2. The van der Waals surface area contributed by atoms with Gasteiger partial charge in [0.2, 0.25) is 10.0 Å². The molecule has 2 rings (SSSR count). The zero-order valence-electron chi connectivity index (χ0n) is 13.6. The summed E-state index contributed by atoms with van der Waals surface area (Å²) in [4.78, 5) is 11.1. The molecular weight excluding hydrogens is 326 g/mol. The monoisotopic (exact) mass is 346 g/mol. The van der Waals surface area contributed by atoms with E-state index in [-0.39, 0.29) is 4.90 Å². The molecule has 0 aliphatic rings.